The summed E-state index contributed by atoms with van der Waals surface area (Å²) in [7, 11) is 0. The van der Waals surface area contributed by atoms with Crippen molar-refractivity contribution < 1.29 is 23.2 Å². The zero-order chi connectivity index (χ0) is 20.2. The van der Waals surface area contributed by atoms with E-state index in [1.165, 1.54) is 6.07 Å². The van der Waals surface area contributed by atoms with Gasteiger partial charge in [-0.05, 0) is 30.7 Å². The smallest absolute Gasteiger partial charge is 0.374 e. The summed E-state index contributed by atoms with van der Waals surface area (Å²) < 4.78 is 15.8. The molecule has 0 fully saturated rings. The van der Waals surface area contributed by atoms with E-state index in [2.05, 4.69) is 5.32 Å². The number of rotatable bonds is 6. The zero-order valence-corrected chi connectivity index (χ0v) is 15.3. The second kappa shape index (κ2) is 8.02. The molecule has 0 aliphatic rings. The van der Waals surface area contributed by atoms with Crippen molar-refractivity contribution in [2.45, 2.75) is 6.42 Å². The molecule has 0 bridgehead atoms. The third-order valence-electron chi connectivity index (χ3n) is 4.35. The van der Waals surface area contributed by atoms with E-state index in [-0.39, 0.29) is 24.5 Å². The van der Waals surface area contributed by atoms with Crippen LogP contribution in [0.15, 0.2) is 74.3 Å². The Morgan fingerprint density at radius 1 is 0.897 bits per heavy atom. The van der Waals surface area contributed by atoms with Gasteiger partial charge in [-0.2, -0.15) is 0 Å². The molecule has 0 saturated carbocycles. The van der Waals surface area contributed by atoms with Crippen LogP contribution in [0.5, 0.6) is 0 Å². The number of amides is 1. The van der Waals surface area contributed by atoms with E-state index in [4.69, 9.17) is 13.6 Å². The minimum Gasteiger partial charge on any atom is -0.460 e. The largest absolute Gasteiger partial charge is 0.460 e. The van der Waals surface area contributed by atoms with Crippen LogP contribution in [0.1, 0.15) is 27.3 Å². The Bertz CT molecular complexity index is 1220. The maximum absolute atomic E-state index is 12.2. The van der Waals surface area contributed by atoms with Gasteiger partial charge in [-0.1, -0.05) is 36.4 Å². The monoisotopic (exact) mass is 391 g/mol. The lowest BCUT2D eigenvalue weighted by Gasteiger charge is -2.06. The minimum atomic E-state index is -0.697. The standard InChI is InChI=1S/C22H17NO6/c24-20(16-12-14-6-1-4-9-18(14)29-21(16)25)23-10-5-11-27-22(26)19-13-15-7-2-3-8-17(15)28-19/h1-4,6-9,12-13H,5,10-11H2,(H,23,24). The van der Waals surface area contributed by atoms with E-state index in [1.54, 1.807) is 36.4 Å². The zero-order valence-electron chi connectivity index (χ0n) is 15.3. The number of hydrogen-bond donors (Lipinski definition) is 1. The first kappa shape index (κ1) is 18.5. The molecule has 0 atom stereocenters. The predicted molar refractivity (Wildman–Crippen MR) is 106 cm³/mol. The highest BCUT2D eigenvalue weighted by Gasteiger charge is 2.15. The summed E-state index contributed by atoms with van der Waals surface area (Å²) in [6.45, 7) is 0.334. The fraction of sp³-hybridized carbons (Fsp3) is 0.136. The maximum atomic E-state index is 12.2. The summed E-state index contributed by atoms with van der Waals surface area (Å²) in [6, 6.07) is 17.4. The van der Waals surface area contributed by atoms with Gasteiger partial charge in [0.15, 0.2) is 0 Å². The molecule has 0 radical (unpaired) electrons. The summed E-state index contributed by atoms with van der Waals surface area (Å²) in [5.74, 6) is -0.972. The molecule has 146 valence electrons. The van der Waals surface area contributed by atoms with Crippen LogP contribution >= 0.6 is 0 Å². The highest BCUT2D eigenvalue weighted by molar-refractivity contribution is 5.96. The lowest BCUT2D eigenvalue weighted by molar-refractivity contribution is 0.0467. The topological polar surface area (TPSA) is 98.7 Å². The highest BCUT2D eigenvalue weighted by atomic mass is 16.5. The van der Waals surface area contributed by atoms with Crippen LogP contribution in [-0.2, 0) is 4.74 Å². The molecule has 0 spiro atoms. The Labute approximate surface area is 164 Å². The van der Waals surface area contributed by atoms with Crippen molar-refractivity contribution in [3.8, 4) is 0 Å². The van der Waals surface area contributed by atoms with Crippen molar-refractivity contribution in [3.63, 3.8) is 0 Å². The number of carbonyl (C=O) groups is 2. The molecule has 2 aromatic heterocycles. The number of para-hydroxylation sites is 2. The highest BCUT2D eigenvalue weighted by Crippen LogP contribution is 2.19. The Morgan fingerprint density at radius 2 is 1.55 bits per heavy atom. The van der Waals surface area contributed by atoms with Gasteiger partial charge in [-0.15, -0.1) is 0 Å². The molecule has 29 heavy (non-hydrogen) atoms. The van der Waals surface area contributed by atoms with Crippen molar-refractivity contribution in [2.75, 3.05) is 13.2 Å². The average Bonchev–Trinajstić information content (AvgIpc) is 3.17. The van der Waals surface area contributed by atoms with Crippen molar-refractivity contribution in [3.05, 3.63) is 82.4 Å². The van der Waals surface area contributed by atoms with Gasteiger partial charge in [-0.3, -0.25) is 4.79 Å². The van der Waals surface area contributed by atoms with Gasteiger partial charge in [0.1, 0.15) is 16.7 Å². The molecule has 7 nitrogen and oxygen atoms in total. The van der Waals surface area contributed by atoms with Gasteiger partial charge in [0, 0.05) is 17.3 Å². The first-order chi connectivity index (χ1) is 14.1. The number of carbonyl (C=O) groups excluding carboxylic acids is 2. The van der Waals surface area contributed by atoms with Crippen molar-refractivity contribution in [1.82, 2.24) is 5.32 Å². The minimum absolute atomic E-state index is 0.0667. The number of nitrogens with one attached hydrogen (secondary N) is 1. The summed E-state index contributed by atoms with van der Waals surface area (Å²) in [6.07, 6.45) is 0.386. The van der Waals surface area contributed by atoms with Crippen LogP contribution in [0.4, 0.5) is 0 Å². The Morgan fingerprint density at radius 3 is 2.28 bits per heavy atom. The fourth-order valence-electron chi connectivity index (χ4n) is 2.91. The van der Waals surface area contributed by atoms with Crippen LogP contribution in [0.3, 0.4) is 0 Å². The molecule has 1 N–H and O–H groups in total. The fourth-order valence-corrected chi connectivity index (χ4v) is 2.91. The second-order valence-electron chi connectivity index (χ2n) is 6.38. The van der Waals surface area contributed by atoms with Crippen LogP contribution in [0.2, 0.25) is 0 Å². The molecule has 0 aliphatic heterocycles. The third kappa shape index (κ3) is 4.03. The van der Waals surface area contributed by atoms with Gasteiger partial charge < -0.3 is 18.9 Å². The summed E-state index contributed by atoms with van der Waals surface area (Å²) >= 11 is 0. The van der Waals surface area contributed by atoms with E-state index < -0.39 is 17.5 Å². The maximum Gasteiger partial charge on any atom is 0.374 e. The quantitative estimate of drug-likeness (QED) is 0.307. The number of fused-ring (bicyclic) bond motifs is 2. The van der Waals surface area contributed by atoms with E-state index in [9.17, 15) is 14.4 Å². The molecule has 2 heterocycles. The normalized spacial score (nSPS) is 10.9. The molecule has 0 saturated heterocycles. The SMILES string of the molecule is O=C(OCCCNC(=O)c1cc2ccccc2oc1=O)c1cc2ccccc2o1. The first-order valence-electron chi connectivity index (χ1n) is 9.08. The average molecular weight is 391 g/mol. The molecule has 4 rings (SSSR count). The summed E-state index contributed by atoms with van der Waals surface area (Å²) in [4.78, 5) is 36.3. The number of hydrogen-bond acceptors (Lipinski definition) is 6. The molecule has 7 heteroatoms. The number of benzene rings is 2. The van der Waals surface area contributed by atoms with Crippen molar-refractivity contribution in [2.24, 2.45) is 0 Å². The van der Waals surface area contributed by atoms with Crippen LogP contribution in [0.25, 0.3) is 21.9 Å². The van der Waals surface area contributed by atoms with E-state index >= 15 is 0 Å². The molecular formula is C22H17NO6. The molecule has 0 unspecified atom stereocenters. The molecule has 0 aliphatic carbocycles. The van der Waals surface area contributed by atoms with Crippen molar-refractivity contribution >= 4 is 33.8 Å². The van der Waals surface area contributed by atoms with Crippen LogP contribution in [0, 0.1) is 0 Å². The number of esters is 1. The van der Waals surface area contributed by atoms with Gasteiger partial charge in [-0.25, -0.2) is 9.59 Å². The van der Waals surface area contributed by atoms with Crippen LogP contribution in [-0.4, -0.2) is 25.0 Å². The lowest BCUT2D eigenvalue weighted by Crippen LogP contribution is -2.29. The van der Waals surface area contributed by atoms with E-state index in [0.717, 1.165) is 5.39 Å². The van der Waals surface area contributed by atoms with E-state index in [0.29, 0.717) is 23.0 Å². The lowest BCUT2D eigenvalue weighted by atomic mass is 10.2. The predicted octanol–water partition coefficient (Wildman–Crippen LogP) is 3.52. The third-order valence-corrected chi connectivity index (χ3v) is 4.35. The van der Waals surface area contributed by atoms with Gasteiger partial charge in [0.25, 0.3) is 5.91 Å². The van der Waals surface area contributed by atoms with Crippen LogP contribution < -0.4 is 10.9 Å². The Kier molecular flexibility index (Phi) is 5.11. The Hall–Kier alpha value is -3.87. The van der Waals surface area contributed by atoms with Gasteiger partial charge in [0.05, 0.1) is 6.61 Å². The van der Waals surface area contributed by atoms with E-state index in [1.807, 2.05) is 18.2 Å². The van der Waals surface area contributed by atoms with Gasteiger partial charge in [0.2, 0.25) is 5.76 Å². The Balaban J connectivity index is 1.28. The molecule has 4 aromatic rings. The number of furan rings is 1. The summed E-state index contributed by atoms with van der Waals surface area (Å²) in [5.41, 5.74) is 0.271. The molecular weight excluding hydrogens is 374 g/mol. The van der Waals surface area contributed by atoms with Gasteiger partial charge >= 0.3 is 11.6 Å². The molecule has 2 aromatic carbocycles. The molecule has 1 amide bonds. The van der Waals surface area contributed by atoms with Crippen molar-refractivity contribution in [1.29, 1.82) is 0 Å². The summed E-state index contributed by atoms with van der Waals surface area (Å²) in [5, 5.41) is 4.11. The number of ether oxygens (including phenoxy) is 1. The first-order valence-corrected chi connectivity index (χ1v) is 9.08. The second-order valence-corrected chi connectivity index (χ2v) is 6.38.